The SMILES string of the molecule is S=C(Nc1ccncc1I)NC1CCCC1. The zero-order valence-corrected chi connectivity index (χ0v) is 11.8. The van der Waals surface area contributed by atoms with Crippen LogP contribution in [0.1, 0.15) is 25.7 Å². The van der Waals surface area contributed by atoms with E-state index in [9.17, 15) is 0 Å². The number of nitrogens with one attached hydrogen (secondary N) is 2. The van der Waals surface area contributed by atoms with Crippen molar-refractivity contribution >= 4 is 45.6 Å². The molecule has 1 saturated carbocycles. The van der Waals surface area contributed by atoms with Gasteiger partial charge < -0.3 is 10.6 Å². The Labute approximate surface area is 115 Å². The van der Waals surface area contributed by atoms with Gasteiger partial charge in [0, 0.05) is 18.4 Å². The highest BCUT2D eigenvalue weighted by molar-refractivity contribution is 14.1. The first-order valence-corrected chi connectivity index (χ1v) is 6.91. The molecule has 0 atom stereocenters. The van der Waals surface area contributed by atoms with E-state index in [1.807, 2.05) is 12.3 Å². The number of aromatic nitrogens is 1. The van der Waals surface area contributed by atoms with E-state index in [-0.39, 0.29) is 0 Å². The maximum Gasteiger partial charge on any atom is 0.171 e. The van der Waals surface area contributed by atoms with Gasteiger partial charge >= 0.3 is 0 Å². The molecule has 0 amide bonds. The topological polar surface area (TPSA) is 37.0 Å². The average Bonchev–Trinajstić information content (AvgIpc) is 2.74. The molecule has 1 aromatic rings. The summed E-state index contributed by atoms with van der Waals surface area (Å²) in [5.41, 5.74) is 1.02. The summed E-state index contributed by atoms with van der Waals surface area (Å²) >= 11 is 7.53. The van der Waals surface area contributed by atoms with Gasteiger partial charge in [-0.15, -0.1) is 0 Å². The fraction of sp³-hybridized carbons (Fsp3) is 0.455. The Bertz CT molecular complexity index is 377. The van der Waals surface area contributed by atoms with Crippen molar-refractivity contribution < 1.29 is 0 Å². The number of pyridine rings is 1. The lowest BCUT2D eigenvalue weighted by Gasteiger charge is -2.16. The fourth-order valence-electron chi connectivity index (χ4n) is 1.89. The van der Waals surface area contributed by atoms with Crippen LogP contribution in [0.5, 0.6) is 0 Å². The van der Waals surface area contributed by atoms with Gasteiger partial charge in [-0.25, -0.2) is 0 Å². The normalized spacial score (nSPS) is 16.1. The molecule has 0 aromatic carbocycles. The standard InChI is InChI=1S/C11H14IN3S/c12-9-7-13-6-5-10(9)15-11(16)14-8-3-1-2-4-8/h5-8H,1-4H2,(H2,13,14,15,16). The molecule has 86 valence electrons. The van der Waals surface area contributed by atoms with Crippen molar-refractivity contribution in [3.8, 4) is 0 Å². The second-order valence-electron chi connectivity index (χ2n) is 3.94. The Balaban J connectivity index is 1.89. The Morgan fingerprint density at radius 2 is 2.19 bits per heavy atom. The largest absolute Gasteiger partial charge is 0.360 e. The van der Waals surface area contributed by atoms with Gasteiger partial charge in [0.25, 0.3) is 0 Å². The summed E-state index contributed by atoms with van der Waals surface area (Å²) < 4.78 is 1.08. The molecule has 1 aliphatic rings. The third kappa shape index (κ3) is 3.28. The van der Waals surface area contributed by atoms with Gasteiger partial charge in [-0.3, -0.25) is 4.98 Å². The fourth-order valence-corrected chi connectivity index (χ4v) is 2.64. The van der Waals surface area contributed by atoms with Crippen molar-refractivity contribution in [2.24, 2.45) is 0 Å². The monoisotopic (exact) mass is 347 g/mol. The van der Waals surface area contributed by atoms with E-state index in [0.29, 0.717) is 6.04 Å². The smallest absolute Gasteiger partial charge is 0.171 e. The van der Waals surface area contributed by atoms with Crippen LogP contribution in [-0.4, -0.2) is 16.1 Å². The van der Waals surface area contributed by atoms with Crippen molar-refractivity contribution in [1.82, 2.24) is 10.3 Å². The highest BCUT2D eigenvalue weighted by Gasteiger charge is 2.15. The minimum Gasteiger partial charge on any atom is -0.360 e. The molecule has 3 nitrogen and oxygen atoms in total. The van der Waals surface area contributed by atoms with Crippen molar-refractivity contribution in [2.45, 2.75) is 31.7 Å². The van der Waals surface area contributed by atoms with Gasteiger partial charge in [0.05, 0.1) is 9.26 Å². The highest BCUT2D eigenvalue weighted by Crippen LogP contribution is 2.19. The molecule has 2 rings (SSSR count). The average molecular weight is 347 g/mol. The summed E-state index contributed by atoms with van der Waals surface area (Å²) in [7, 11) is 0. The molecule has 0 unspecified atom stereocenters. The van der Waals surface area contributed by atoms with Gasteiger partial charge in [0.15, 0.2) is 5.11 Å². The molecule has 1 aromatic heterocycles. The van der Waals surface area contributed by atoms with Crippen LogP contribution < -0.4 is 10.6 Å². The van der Waals surface area contributed by atoms with E-state index in [4.69, 9.17) is 12.2 Å². The van der Waals surface area contributed by atoms with Gasteiger partial charge in [0.1, 0.15) is 0 Å². The number of rotatable bonds is 2. The highest BCUT2D eigenvalue weighted by atomic mass is 127. The molecule has 0 spiro atoms. The molecule has 5 heteroatoms. The zero-order valence-electron chi connectivity index (χ0n) is 8.87. The van der Waals surface area contributed by atoms with Gasteiger partial charge in [-0.1, -0.05) is 12.8 Å². The molecule has 1 aliphatic carbocycles. The molecule has 1 heterocycles. The lowest BCUT2D eigenvalue weighted by molar-refractivity contribution is 0.634. The third-order valence-corrected chi connectivity index (χ3v) is 3.79. The number of nitrogens with zero attached hydrogens (tertiary/aromatic N) is 1. The Morgan fingerprint density at radius 3 is 2.88 bits per heavy atom. The molecule has 0 saturated heterocycles. The predicted molar refractivity (Wildman–Crippen MR) is 78.6 cm³/mol. The first-order valence-electron chi connectivity index (χ1n) is 5.43. The quantitative estimate of drug-likeness (QED) is 0.637. The van der Waals surface area contributed by atoms with E-state index in [1.54, 1.807) is 6.20 Å². The molecular weight excluding hydrogens is 333 g/mol. The second kappa shape index (κ2) is 5.77. The number of anilines is 1. The van der Waals surface area contributed by atoms with Crippen LogP contribution in [0.15, 0.2) is 18.5 Å². The predicted octanol–water partition coefficient (Wildman–Crippen LogP) is 2.92. The van der Waals surface area contributed by atoms with Crippen LogP contribution in [-0.2, 0) is 0 Å². The number of hydrogen-bond acceptors (Lipinski definition) is 2. The maximum absolute atomic E-state index is 5.29. The molecule has 2 N–H and O–H groups in total. The number of hydrogen-bond donors (Lipinski definition) is 2. The van der Waals surface area contributed by atoms with Crippen LogP contribution in [0.4, 0.5) is 5.69 Å². The minimum atomic E-state index is 0.555. The third-order valence-electron chi connectivity index (χ3n) is 2.71. The Morgan fingerprint density at radius 1 is 1.44 bits per heavy atom. The summed E-state index contributed by atoms with van der Waals surface area (Å²) in [5, 5.41) is 7.28. The van der Waals surface area contributed by atoms with Crippen molar-refractivity contribution in [3.63, 3.8) is 0 Å². The van der Waals surface area contributed by atoms with Crippen LogP contribution >= 0.6 is 34.8 Å². The van der Waals surface area contributed by atoms with E-state index in [0.717, 1.165) is 14.4 Å². The van der Waals surface area contributed by atoms with E-state index >= 15 is 0 Å². The lowest BCUT2D eigenvalue weighted by atomic mass is 10.2. The van der Waals surface area contributed by atoms with E-state index in [2.05, 4.69) is 38.2 Å². The summed E-state index contributed by atoms with van der Waals surface area (Å²) in [5.74, 6) is 0. The maximum atomic E-state index is 5.29. The summed E-state index contributed by atoms with van der Waals surface area (Å²) in [6.07, 6.45) is 8.68. The second-order valence-corrected chi connectivity index (χ2v) is 5.51. The van der Waals surface area contributed by atoms with Crippen LogP contribution in [0, 0.1) is 3.57 Å². The summed E-state index contributed by atoms with van der Waals surface area (Å²) in [6.45, 7) is 0. The number of halogens is 1. The number of thiocarbonyl (C=S) groups is 1. The van der Waals surface area contributed by atoms with Crippen LogP contribution in [0.2, 0.25) is 0 Å². The van der Waals surface area contributed by atoms with Crippen molar-refractivity contribution in [3.05, 3.63) is 22.0 Å². The first-order chi connectivity index (χ1) is 7.75. The van der Waals surface area contributed by atoms with Crippen molar-refractivity contribution in [1.29, 1.82) is 0 Å². The summed E-state index contributed by atoms with van der Waals surface area (Å²) in [4.78, 5) is 4.04. The lowest BCUT2D eigenvalue weighted by Crippen LogP contribution is -2.36. The molecule has 1 fully saturated rings. The van der Waals surface area contributed by atoms with Crippen molar-refractivity contribution in [2.75, 3.05) is 5.32 Å². The minimum absolute atomic E-state index is 0.555. The molecular formula is C11H14IN3S. The van der Waals surface area contributed by atoms with Gasteiger partial charge in [-0.05, 0) is 53.7 Å². The molecule has 16 heavy (non-hydrogen) atoms. The molecule has 0 bridgehead atoms. The molecule has 0 radical (unpaired) electrons. The first kappa shape index (κ1) is 12.0. The molecule has 0 aliphatic heterocycles. The van der Waals surface area contributed by atoms with E-state index in [1.165, 1.54) is 25.7 Å². The van der Waals surface area contributed by atoms with Gasteiger partial charge in [-0.2, -0.15) is 0 Å². The van der Waals surface area contributed by atoms with Crippen LogP contribution in [0.25, 0.3) is 0 Å². The zero-order chi connectivity index (χ0) is 11.4. The Kier molecular flexibility index (Phi) is 4.34. The van der Waals surface area contributed by atoms with Crippen LogP contribution in [0.3, 0.4) is 0 Å². The Hall–Kier alpha value is -0.430. The summed E-state index contributed by atoms with van der Waals surface area (Å²) in [6, 6.07) is 2.49. The van der Waals surface area contributed by atoms with E-state index < -0.39 is 0 Å². The van der Waals surface area contributed by atoms with Gasteiger partial charge in [0.2, 0.25) is 0 Å².